The normalized spacial score (nSPS) is 11.2. The van der Waals surface area contributed by atoms with Gasteiger partial charge in [0.1, 0.15) is 5.75 Å². The van der Waals surface area contributed by atoms with Crippen molar-refractivity contribution in [3.8, 4) is 5.75 Å². The molecule has 3 heteroatoms. The molecule has 1 heterocycles. The lowest BCUT2D eigenvalue weighted by Crippen LogP contribution is -1.94. The number of nitrogens with zero attached hydrogens (tertiary/aromatic N) is 1. The molecule has 2 rings (SSSR count). The number of rotatable bonds is 4. The van der Waals surface area contributed by atoms with Crippen molar-refractivity contribution in [2.45, 2.75) is 19.8 Å². The average molecular weight is 288 g/mol. The monoisotopic (exact) mass is 287 g/mol. The van der Waals surface area contributed by atoms with Gasteiger partial charge in [0.25, 0.3) is 0 Å². The lowest BCUT2D eigenvalue weighted by Gasteiger charge is -2.12. The Balaban J connectivity index is 2.28. The molecule has 1 aromatic heterocycles. The predicted octanol–water partition coefficient (Wildman–Crippen LogP) is 5.04. The Hall–Kier alpha value is -1.80. The van der Waals surface area contributed by atoms with E-state index in [2.05, 4.69) is 31.0 Å². The van der Waals surface area contributed by atoms with Gasteiger partial charge in [0, 0.05) is 6.20 Å². The van der Waals surface area contributed by atoms with Crippen molar-refractivity contribution in [3.63, 3.8) is 0 Å². The molecule has 0 unspecified atom stereocenters. The van der Waals surface area contributed by atoms with Crippen molar-refractivity contribution < 1.29 is 4.74 Å². The van der Waals surface area contributed by atoms with E-state index < -0.39 is 0 Å². The zero-order valence-corrected chi connectivity index (χ0v) is 12.7. The molecule has 2 nitrogen and oxygen atoms in total. The molecular formula is C17H18ClNO. The number of hydrogen-bond donors (Lipinski definition) is 0. The molecule has 104 valence electrons. The summed E-state index contributed by atoms with van der Waals surface area (Å²) in [5, 5.41) is 0.648. The van der Waals surface area contributed by atoms with Crippen LogP contribution in [0.2, 0.25) is 5.02 Å². The SMILES string of the molecule is COc1cc(/C=C/c2ncccc2Cl)ccc1C(C)C. The van der Waals surface area contributed by atoms with E-state index in [4.69, 9.17) is 16.3 Å². The largest absolute Gasteiger partial charge is 0.496 e. The van der Waals surface area contributed by atoms with Gasteiger partial charge in [0.15, 0.2) is 0 Å². The summed E-state index contributed by atoms with van der Waals surface area (Å²) in [6, 6.07) is 9.86. The Morgan fingerprint density at radius 2 is 2.00 bits per heavy atom. The lowest BCUT2D eigenvalue weighted by molar-refractivity contribution is 0.407. The van der Waals surface area contributed by atoms with Gasteiger partial charge in [-0.25, -0.2) is 0 Å². The van der Waals surface area contributed by atoms with Crippen LogP contribution in [-0.4, -0.2) is 12.1 Å². The standard InChI is InChI=1S/C17H18ClNO/c1-12(2)14-8-6-13(11-17(14)20-3)7-9-16-15(18)5-4-10-19-16/h4-12H,1-3H3/b9-7+. The van der Waals surface area contributed by atoms with Crippen molar-refractivity contribution in [1.82, 2.24) is 4.98 Å². The molecule has 0 spiro atoms. The van der Waals surface area contributed by atoms with Crippen molar-refractivity contribution in [2.24, 2.45) is 0 Å². The molecule has 0 aliphatic carbocycles. The molecule has 0 N–H and O–H groups in total. The van der Waals surface area contributed by atoms with Crippen LogP contribution in [0.3, 0.4) is 0 Å². The van der Waals surface area contributed by atoms with Gasteiger partial charge in [0.2, 0.25) is 0 Å². The van der Waals surface area contributed by atoms with E-state index in [0.29, 0.717) is 10.9 Å². The van der Waals surface area contributed by atoms with E-state index in [1.165, 1.54) is 5.56 Å². The molecule has 0 aliphatic rings. The van der Waals surface area contributed by atoms with Crippen LogP contribution in [-0.2, 0) is 0 Å². The minimum absolute atomic E-state index is 0.438. The van der Waals surface area contributed by atoms with Gasteiger partial charge < -0.3 is 4.74 Å². The van der Waals surface area contributed by atoms with Gasteiger partial charge in [-0.05, 0) is 41.3 Å². The average Bonchev–Trinajstić information content (AvgIpc) is 2.46. The smallest absolute Gasteiger partial charge is 0.122 e. The third-order valence-corrected chi connectivity index (χ3v) is 3.42. The highest BCUT2D eigenvalue weighted by molar-refractivity contribution is 6.31. The number of benzene rings is 1. The molecule has 0 amide bonds. The fourth-order valence-corrected chi connectivity index (χ4v) is 2.19. The second kappa shape index (κ2) is 6.58. The van der Waals surface area contributed by atoms with Crippen molar-refractivity contribution >= 4 is 23.8 Å². The summed E-state index contributed by atoms with van der Waals surface area (Å²) in [5.41, 5.74) is 3.04. The second-order valence-corrected chi connectivity index (χ2v) is 5.27. The summed E-state index contributed by atoms with van der Waals surface area (Å²) < 4.78 is 5.45. The molecule has 0 saturated carbocycles. The van der Waals surface area contributed by atoms with Crippen LogP contribution in [0.5, 0.6) is 5.75 Å². The van der Waals surface area contributed by atoms with Gasteiger partial charge in [0.05, 0.1) is 17.8 Å². The first-order valence-electron chi connectivity index (χ1n) is 6.58. The van der Waals surface area contributed by atoms with Crippen molar-refractivity contribution in [1.29, 1.82) is 0 Å². The lowest BCUT2D eigenvalue weighted by atomic mass is 10.00. The number of methoxy groups -OCH3 is 1. The van der Waals surface area contributed by atoms with E-state index in [1.807, 2.05) is 30.4 Å². The Morgan fingerprint density at radius 1 is 1.20 bits per heavy atom. The Labute approximate surface area is 125 Å². The number of halogens is 1. The van der Waals surface area contributed by atoms with E-state index >= 15 is 0 Å². The highest BCUT2D eigenvalue weighted by atomic mass is 35.5. The molecule has 0 aliphatic heterocycles. The van der Waals surface area contributed by atoms with E-state index in [1.54, 1.807) is 13.3 Å². The third-order valence-electron chi connectivity index (χ3n) is 3.10. The molecule has 2 aromatic rings. The first-order valence-corrected chi connectivity index (χ1v) is 6.96. The fourth-order valence-electron chi connectivity index (χ4n) is 2.00. The second-order valence-electron chi connectivity index (χ2n) is 4.86. The molecular weight excluding hydrogens is 270 g/mol. The summed E-state index contributed by atoms with van der Waals surface area (Å²) in [7, 11) is 1.70. The minimum Gasteiger partial charge on any atom is -0.496 e. The van der Waals surface area contributed by atoms with Crippen LogP contribution in [0.25, 0.3) is 12.2 Å². The fraction of sp³-hybridized carbons (Fsp3) is 0.235. The maximum atomic E-state index is 6.08. The highest BCUT2D eigenvalue weighted by Crippen LogP contribution is 2.28. The molecule has 0 atom stereocenters. The first kappa shape index (κ1) is 14.6. The van der Waals surface area contributed by atoms with Crippen LogP contribution < -0.4 is 4.74 Å². The molecule has 0 bridgehead atoms. The van der Waals surface area contributed by atoms with Gasteiger partial charge in [-0.3, -0.25) is 4.98 Å². The molecule has 1 aromatic carbocycles. The highest BCUT2D eigenvalue weighted by Gasteiger charge is 2.07. The van der Waals surface area contributed by atoms with Gasteiger partial charge in [-0.1, -0.05) is 43.7 Å². The summed E-state index contributed by atoms with van der Waals surface area (Å²) in [5.74, 6) is 1.35. The summed E-state index contributed by atoms with van der Waals surface area (Å²) in [6.45, 7) is 4.31. The van der Waals surface area contributed by atoms with Crippen molar-refractivity contribution in [2.75, 3.05) is 7.11 Å². The summed E-state index contributed by atoms with van der Waals surface area (Å²) in [4.78, 5) is 4.23. The zero-order chi connectivity index (χ0) is 14.5. The molecule has 0 saturated heterocycles. The van der Waals surface area contributed by atoms with E-state index in [0.717, 1.165) is 17.0 Å². The Bertz CT molecular complexity index is 620. The van der Waals surface area contributed by atoms with Gasteiger partial charge in [-0.2, -0.15) is 0 Å². The van der Waals surface area contributed by atoms with Crippen LogP contribution in [0.15, 0.2) is 36.5 Å². The third kappa shape index (κ3) is 3.40. The van der Waals surface area contributed by atoms with Crippen LogP contribution in [0, 0.1) is 0 Å². The van der Waals surface area contributed by atoms with Gasteiger partial charge in [-0.15, -0.1) is 0 Å². The maximum absolute atomic E-state index is 6.08. The van der Waals surface area contributed by atoms with E-state index in [9.17, 15) is 0 Å². The van der Waals surface area contributed by atoms with Crippen LogP contribution in [0.1, 0.15) is 36.6 Å². The Kier molecular flexibility index (Phi) is 4.80. The maximum Gasteiger partial charge on any atom is 0.122 e. The zero-order valence-electron chi connectivity index (χ0n) is 11.9. The molecule has 0 fully saturated rings. The van der Waals surface area contributed by atoms with Crippen LogP contribution >= 0.6 is 11.6 Å². The van der Waals surface area contributed by atoms with Crippen molar-refractivity contribution in [3.05, 3.63) is 58.4 Å². The quantitative estimate of drug-likeness (QED) is 0.786. The van der Waals surface area contributed by atoms with Crippen LogP contribution in [0.4, 0.5) is 0 Å². The number of aromatic nitrogens is 1. The molecule has 20 heavy (non-hydrogen) atoms. The first-order chi connectivity index (χ1) is 9.61. The summed E-state index contributed by atoms with van der Waals surface area (Å²) >= 11 is 6.08. The summed E-state index contributed by atoms with van der Waals surface area (Å²) in [6.07, 6.45) is 5.63. The van der Waals surface area contributed by atoms with E-state index in [-0.39, 0.29) is 0 Å². The number of pyridine rings is 1. The number of hydrogen-bond acceptors (Lipinski definition) is 2. The predicted molar refractivity (Wildman–Crippen MR) is 85.3 cm³/mol. The number of ether oxygens (including phenoxy) is 1. The topological polar surface area (TPSA) is 22.1 Å². The minimum atomic E-state index is 0.438. The van der Waals surface area contributed by atoms with Gasteiger partial charge >= 0.3 is 0 Å². The Morgan fingerprint density at radius 3 is 2.65 bits per heavy atom. The molecule has 0 radical (unpaired) electrons.